The van der Waals surface area contributed by atoms with Crippen LogP contribution in [0, 0.1) is 0 Å². The largest absolute Gasteiger partial charge is 0.0845 e. The minimum Gasteiger partial charge on any atom is -0.0845 e. The third kappa shape index (κ3) is 1.35. The van der Waals surface area contributed by atoms with E-state index < -0.39 is 0 Å². The summed E-state index contributed by atoms with van der Waals surface area (Å²) in [6.45, 7) is 2.19. The van der Waals surface area contributed by atoms with Crippen LogP contribution >= 0.6 is 15.9 Å². The van der Waals surface area contributed by atoms with Crippen molar-refractivity contribution in [2.75, 3.05) is 0 Å². The molecule has 46 valence electrons. The van der Waals surface area contributed by atoms with Crippen LogP contribution in [0.25, 0.3) is 0 Å². The highest BCUT2D eigenvalue weighted by atomic mass is 79.9. The Kier molecular flexibility index (Phi) is 2.12. The van der Waals surface area contributed by atoms with Crippen molar-refractivity contribution >= 4 is 15.9 Å². The predicted molar refractivity (Wildman–Crippen MR) is 40.3 cm³/mol. The first kappa shape index (κ1) is 6.34. The molecule has 0 aromatic heterocycles. The van der Waals surface area contributed by atoms with E-state index in [-0.39, 0.29) is 0 Å². The van der Waals surface area contributed by atoms with Crippen LogP contribution in [-0.4, -0.2) is 4.83 Å². The van der Waals surface area contributed by atoms with Gasteiger partial charge < -0.3 is 0 Å². The summed E-state index contributed by atoms with van der Waals surface area (Å²) in [6.07, 6.45) is 6.28. The summed E-state index contributed by atoms with van der Waals surface area (Å²) in [4.78, 5) is 0.677. The summed E-state index contributed by atoms with van der Waals surface area (Å²) in [7, 11) is 0. The molecule has 0 bridgehead atoms. The van der Waals surface area contributed by atoms with Gasteiger partial charge in [-0.15, -0.1) is 0 Å². The highest BCUT2D eigenvalue weighted by Crippen LogP contribution is 2.23. The van der Waals surface area contributed by atoms with Crippen molar-refractivity contribution in [2.45, 2.75) is 31.0 Å². The van der Waals surface area contributed by atoms with Gasteiger partial charge in [0.15, 0.2) is 0 Å². The maximum absolute atomic E-state index is 3.59. The lowest BCUT2D eigenvalue weighted by Gasteiger charge is -2.14. The summed E-state index contributed by atoms with van der Waals surface area (Å²) in [5.41, 5.74) is 1.51. The molecular formula is C7H11Br. The van der Waals surface area contributed by atoms with Gasteiger partial charge in [0.2, 0.25) is 0 Å². The van der Waals surface area contributed by atoms with Crippen molar-refractivity contribution < 1.29 is 0 Å². The van der Waals surface area contributed by atoms with Crippen LogP contribution < -0.4 is 0 Å². The maximum Gasteiger partial charge on any atom is 0.0352 e. The average molecular weight is 175 g/mol. The minimum absolute atomic E-state index is 0.677. The number of alkyl halides is 1. The van der Waals surface area contributed by atoms with Gasteiger partial charge in [0.05, 0.1) is 0 Å². The van der Waals surface area contributed by atoms with Gasteiger partial charge in [-0.2, -0.15) is 0 Å². The predicted octanol–water partition coefficient (Wildman–Crippen LogP) is 2.88. The fourth-order valence-corrected chi connectivity index (χ4v) is 1.49. The third-order valence-electron chi connectivity index (χ3n) is 1.62. The Labute approximate surface area is 59.1 Å². The SMILES string of the molecule is CC1=CCCC[C@H]1Br. The Bertz CT molecular complexity index is 105. The van der Waals surface area contributed by atoms with Crippen LogP contribution in [0.2, 0.25) is 0 Å². The molecule has 0 aromatic carbocycles. The molecule has 0 aromatic rings. The summed E-state index contributed by atoms with van der Waals surface area (Å²) in [6, 6.07) is 0. The van der Waals surface area contributed by atoms with Crippen molar-refractivity contribution in [1.82, 2.24) is 0 Å². The van der Waals surface area contributed by atoms with Gasteiger partial charge in [0.25, 0.3) is 0 Å². The summed E-state index contributed by atoms with van der Waals surface area (Å²) in [5.74, 6) is 0. The first-order valence-electron chi connectivity index (χ1n) is 3.11. The summed E-state index contributed by atoms with van der Waals surface area (Å²) < 4.78 is 0. The standard InChI is InChI=1S/C7H11Br/c1-6-4-2-3-5-7(6)8/h4,7H,2-3,5H2,1H3/t7-/m1/s1. The Morgan fingerprint density at radius 1 is 1.75 bits per heavy atom. The van der Waals surface area contributed by atoms with Gasteiger partial charge in [-0.3, -0.25) is 0 Å². The number of halogens is 1. The van der Waals surface area contributed by atoms with Gasteiger partial charge in [-0.25, -0.2) is 0 Å². The van der Waals surface area contributed by atoms with E-state index >= 15 is 0 Å². The first-order valence-corrected chi connectivity index (χ1v) is 4.03. The van der Waals surface area contributed by atoms with Gasteiger partial charge in [-0.05, 0) is 26.2 Å². The van der Waals surface area contributed by atoms with Gasteiger partial charge >= 0.3 is 0 Å². The van der Waals surface area contributed by atoms with Crippen LogP contribution in [0.1, 0.15) is 26.2 Å². The fourth-order valence-electron chi connectivity index (χ4n) is 0.982. The van der Waals surface area contributed by atoms with Gasteiger partial charge in [0.1, 0.15) is 0 Å². The summed E-state index contributed by atoms with van der Waals surface area (Å²) >= 11 is 3.59. The van der Waals surface area contributed by atoms with Crippen molar-refractivity contribution in [3.8, 4) is 0 Å². The summed E-state index contributed by atoms with van der Waals surface area (Å²) in [5, 5.41) is 0. The zero-order valence-electron chi connectivity index (χ0n) is 5.15. The topological polar surface area (TPSA) is 0 Å². The molecule has 0 amide bonds. The Morgan fingerprint density at radius 2 is 2.50 bits per heavy atom. The van der Waals surface area contributed by atoms with Gasteiger partial charge in [-0.1, -0.05) is 27.6 Å². The molecule has 1 atom stereocenters. The van der Waals surface area contributed by atoms with E-state index in [2.05, 4.69) is 28.9 Å². The second-order valence-corrected chi connectivity index (χ2v) is 3.45. The van der Waals surface area contributed by atoms with Crippen LogP contribution in [0.15, 0.2) is 11.6 Å². The Morgan fingerprint density at radius 3 is 2.88 bits per heavy atom. The molecule has 0 spiro atoms. The fraction of sp³-hybridized carbons (Fsp3) is 0.714. The molecular weight excluding hydrogens is 164 g/mol. The van der Waals surface area contributed by atoms with E-state index in [0.717, 1.165) is 0 Å². The smallest absolute Gasteiger partial charge is 0.0352 e. The van der Waals surface area contributed by atoms with E-state index in [9.17, 15) is 0 Å². The third-order valence-corrected chi connectivity index (χ3v) is 2.80. The molecule has 8 heavy (non-hydrogen) atoms. The molecule has 0 nitrogen and oxygen atoms in total. The number of hydrogen-bond donors (Lipinski definition) is 0. The molecule has 0 aliphatic heterocycles. The van der Waals surface area contributed by atoms with Crippen LogP contribution in [0.5, 0.6) is 0 Å². The van der Waals surface area contributed by atoms with Crippen molar-refractivity contribution in [2.24, 2.45) is 0 Å². The molecule has 0 saturated heterocycles. The molecule has 0 unspecified atom stereocenters. The lowest BCUT2D eigenvalue weighted by molar-refractivity contribution is 0.720. The minimum atomic E-state index is 0.677. The molecule has 1 aliphatic rings. The highest BCUT2D eigenvalue weighted by molar-refractivity contribution is 9.09. The lowest BCUT2D eigenvalue weighted by Crippen LogP contribution is -2.03. The van der Waals surface area contributed by atoms with Crippen molar-refractivity contribution in [3.05, 3.63) is 11.6 Å². The Hall–Kier alpha value is 0.220. The monoisotopic (exact) mass is 174 g/mol. The Balaban J connectivity index is 2.53. The molecule has 0 saturated carbocycles. The molecule has 1 aliphatic carbocycles. The highest BCUT2D eigenvalue weighted by Gasteiger charge is 2.08. The number of hydrogen-bond acceptors (Lipinski definition) is 0. The quantitative estimate of drug-likeness (QED) is 0.392. The van der Waals surface area contributed by atoms with Gasteiger partial charge in [0, 0.05) is 4.83 Å². The maximum atomic E-state index is 3.59. The molecule has 1 rings (SSSR count). The molecule has 0 heterocycles. The van der Waals surface area contributed by atoms with E-state index in [0.29, 0.717) is 4.83 Å². The number of allylic oxidation sites excluding steroid dienone is 2. The van der Waals surface area contributed by atoms with Crippen LogP contribution in [0.4, 0.5) is 0 Å². The molecule has 0 radical (unpaired) electrons. The van der Waals surface area contributed by atoms with Crippen molar-refractivity contribution in [3.63, 3.8) is 0 Å². The van der Waals surface area contributed by atoms with E-state index in [1.807, 2.05) is 0 Å². The first-order chi connectivity index (χ1) is 3.80. The van der Waals surface area contributed by atoms with E-state index in [1.165, 1.54) is 24.8 Å². The zero-order chi connectivity index (χ0) is 5.98. The lowest BCUT2D eigenvalue weighted by atomic mass is 10.0. The van der Waals surface area contributed by atoms with Crippen LogP contribution in [0.3, 0.4) is 0 Å². The second kappa shape index (κ2) is 2.67. The number of rotatable bonds is 0. The molecule has 1 heteroatoms. The molecule has 0 fully saturated rings. The zero-order valence-corrected chi connectivity index (χ0v) is 6.74. The normalized spacial score (nSPS) is 29.8. The van der Waals surface area contributed by atoms with E-state index in [4.69, 9.17) is 0 Å². The second-order valence-electron chi connectivity index (χ2n) is 2.35. The van der Waals surface area contributed by atoms with E-state index in [1.54, 1.807) is 0 Å². The molecule has 0 N–H and O–H groups in total. The van der Waals surface area contributed by atoms with Crippen molar-refractivity contribution in [1.29, 1.82) is 0 Å². The average Bonchev–Trinajstić information content (AvgIpc) is 1.77. The van der Waals surface area contributed by atoms with Crippen LogP contribution in [-0.2, 0) is 0 Å².